The number of fused-ring (bicyclic) bond motifs is 36. The van der Waals surface area contributed by atoms with E-state index < -0.39 is 0 Å². The lowest BCUT2D eigenvalue weighted by Gasteiger charge is -2.09. The third kappa shape index (κ3) is 11.7. The highest BCUT2D eigenvalue weighted by Crippen LogP contribution is 2.51. The molecule has 0 radical (unpaired) electrons. The molecule has 146 heavy (non-hydrogen) atoms. The minimum atomic E-state index is 0.697. The van der Waals surface area contributed by atoms with Crippen molar-refractivity contribution < 1.29 is 4.42 Å². The maximum absolute atomic E-state index is 6.32. The van der Waals surface area contributed by atoms with E-state index in [1.807, 2.05) is 72.3 Å². The Labute approximate surface area is 838 Å². The molecule has 0 fully saturated rings. The highest BCUT2D eigenvalue weighted by atomic mass is 32.1. The van der Waals surface area contributed by atoms with Crippen LogP contribution in [0.4, 0.5) is 0 Å². The fourth-order valence-corrected chi connectivity index (χ4v) is 26.3. The third-order valence-electron chi connectivity index (χ3n) is 30.3. The Balaban J connectivity index is 0.0000000869. The average Bonchev–Trinajstić information content (AvgIpc) is 1.46. The number of hydrogen-bond donors (Lipinski definition) is 0. The largest absolute Gasteiger partial charge is 0.452 e. The number of furan rings is 1. The lowest BCUT2D eigenvalue weighted by Crippen LogP contribution is -1.94. The molecule has 0 N–H and O–H groups in total. The summed E-state index contributed by atoms with van der Waals surface area (Å²) >= 11 is 3.58. The molecule has 0 saturated heterocycles. The Kier molecular flexibility index (Phi) is 17.2. The second-order valence-electron chi connectivity index (χ2n) is 38.1. The van der Waals surface area contributed by atoms with Crippen LogP contribution >= 0.6 is 22.7 Å². The van der Waals surface area contributed by atoms with Crippen LogP contribution in [0.2, 0.25) is 0 Å². The molecule has 16 heterocycles. The molecule has 0 amide bonds. The average molecular weight is 1900 g/mol. The van der Waals surface area contributed by atoms with Crippen LogP contribution in [-0.2, 0) is 0 Å². The van der Waals surface area contributed by atoms with Gasteiger partial charge in [0.25, 0.3) is 0 Å². The first-order valence-electron chi connectivity index (χ1n) is 49.3. The van der Waals surface area contributed by atoms with Crippen molar-refractivity contribution in [1.82, 2.24) is 52.1 Å². The smallest absolute Gasteiger partial charge is 0.180 e. The van der Waals surface area contributed by atoms with Gasteiger partial charge in [-0.05, 0) is 192 Å². The molecule has 0 aliphatic carbocycles. The van der Waals surface area contributed by atoms with Crippen LogP contribution in [0.3, 0.4) is 0 Å². The summed E-state index contributed by atoms with van der Waals surface area (Å²) in [4.78, 5) is 30.3. The normalized spacial score (nSPS) is 12.2. The molecule has 0 bridgehead atoms. The number of thiophene rings is 2. The first-order valence-corrected chi connectivity index (χ1v) is 51.0. The van der Waals surface area contributed by atoms with E-state index in [9.17, 15) is 0 Å². The van der Waals surface area contributed by atoms with E-state index in [0.29, 0.717) is 11.4 Å². The number of para-hydroxylation sites is 10. The number of rotatable bonds is 7. The van der Waals surface area contributed by atoms with Gasteiger partial charge in [0.2, 0.25) is 0 Å². The number of nitrogens with zero attached hydrogens (tertiary/aromatic N) is 11. The minimum absolute atomic E-state index is 0.697. The van der Waals surface area contributed by atoms with Gasteiger partial charge in [0.1, 0.15) is 16.8 Å². The summed E-state index contributed by atoms with van der Waals surface area (Å²) in [6.45, 7) is 0. The van der Waals surface area contributed by atoms with Gasteiger partial charge in [-0.25, -0.2) is 19.9 Å². The van der Waals surface area contributed by atoms with E-state index in [1.165, 1.54) is 210 Å². The van der Waals surface area contributed by atoms with E-state index in [2.05, 4.69) is 421 Å². The van der Waals surface area contributed by atoms with Crippen LogP contribution in [0.15, 0.2) is 460 Å². The van der Waals surface area contributed by atoms with Crippen molar-refractivity contribution in [3.63, 3.8) is 0 Å². The van der Waals surface area contributed by atoms with Gasteiger partial charge in [-0.1, -0.05) is 273 Å². The van der Waals surface area contributed by atoms with Crippen LogP contribution in [0, 0.1) is 0 Å². The van der Waals surface area contributed by atoms with Crippen LogP contribution in [0.25, 0.3) is 310 Å². The molecule has 35 aromatic rings. The standard InChI is InChI=1S/C35H21N3.C34H19N3O.C34H19N3S.C29H16N2S/c1-2-9-24(10-3-1)37-32-17-16-22(19-29(32)34-33(37)15-8-18-36-34)23-20-27-25-11-4-6-13-30(25)38-31-14-7-5-12-26(31)28(21-23)35(27)38;1-2-10-20(11-3-1)30-33-31(24-14-6-9-17-29(24)38-33)36-34(35-30)21-18-25-22-12-4-7-15-27(22)37-28-16-8-5-13-23(28)26(19-21)32(25)37;1-2-10-20(11-3-1)30-33-31(24-14-6-9-17-28(24)38-33)36-34(35-30)25-19-18-22-21-12-4-7-15-26(21)37-27-16-8-5-13-23(27)29(25)32(22)37;1-3-8-24-19(6-1)21-15-18(16-22-20-7-2-4-9-25(20)31(24)29(21)22)17-11-12-26-23(14-17)28-27(32-26)10-5-13-30-28/h1-21H;2*1-19H;1-16H. The van der Waals surface area contributed by atoms with Crippen molar-refractivity contribution >= 4 is 260 Å². The molecular formula is C132H75N11OS2. The molecule has 0 aliphatic heterocycles. The number of benzene rings is 19. The topological polar surface area (TPSA) is 113 Å². The van der Waals surface area contributed by atoms with Crippen molar-refractivity contribution in [1.29, 1.82) is 0 Å². The monoisotopic (exact) mass is 1890 g/mol. The highest BCUT2D eigenvalue weighted by molar-refractivity contribution is 7.26. The molecular weight excluding hydrogens is 1820 g/mol. The Morgan fingerprint density at radius 1 is 0.205 bits per heavy atom. The molecule has 0 unspecified atom stereocenters. The van der Waals surface area contributed by atoms with E-state index in [0.717, 1.165) is 88.4 Å². The molecule has 0 atom stereocenters. The van der Waals surface area contributed by atoms with Gasteiger partial charge in [0.05, 0.1) is 109 Å². The molecule has 0 spiro atoms. The Bertz CT molecular complexity index is 11400. The lowest BCUT2D eigenvalue weighted by atomic mass is 9.98. The van der Waals surface area contributed by atoms with E-state index in [1.54, 1.807) is 11.3 Å². The summed E-state index contributed by atoms with van der Waals surface area (Å²) in [5.74, 6) is 1.47. The predicted molar refractivity (Wildman–Crippen MR) is 611 cm³/mol. The van der Waals surface area contributed by atoms with Crippen molar-refractivity contribution in [2.75, 3.05) is 0 Å². The predicted octanol–water partition coefficient (Wildman–Crippen LogP) is 35.5. The summed E-state index contributed by atoms with van der Waals surface area (Å²) in [6.07, 6.45) is 3.78. The first-order chi connectivity index (χ1) is 72.4. The Morgan fingerprint density at radius 2 is 0.596 bits per heavy atom. The zero-order valence-corrected chi connectivity index (χ0v) is 79.6. The molecule has 0 saturated carbocycles. The highest BCUT2D eigenvalue weighted by Gasteiger charge is 2.29. The summed E-state index contributed by atoms with van der Waals surface area (Å²) in [7, 11) is 0. The number of hydrogen-bond acceptors (Lipinski definition) is 9. The number of pyridine rings is 2. The summed E-state index contributed by atoms with van der Waals surface area (Å²) in [5, 5.41) is 24.9. The van der Waals surface area contributed by atoms with Gasteiger partial charge in [-0.2, -0.15) is 0 Å². The van der Waals surface area contributed by atoms with Crippen LogP contribution in [0.5, 0.6) is 0 Å². The molecule has 0 aliphatic rings. The van der Waals surface area contributed by atoms with Gasteiger partial charge < -0.3 is 26.6 Å². The fraction of sp³-hybridized carbons (Fsp3) is 0. The first kappa shape index (κ1) is 80.7. The van der Waals surface area contributed by atoms with Crippen LogP contribution in [-0.4, -0.2) is 52.1 Å². The van der Waals surface area contributed by atoms with E-state index in [4.69, 9.17) is 29.3 Å². The van der Waals surface area contributed by atoms with Gasteiger partial charge in [0.15, 0.2) is 17.2 Å². The van der Waals surface area contributed by atoms with E-state index in [-0.39, 0.29) is 0 Å². The summed E-state index contributed by atoms with van der Waals surface area (Å²) < 4.78 is 23.2. The quantitative estimate of drug-likeness (QED) is 0.156. The van der Waals surface area contributed by atoms with E-state index >= 15 is 0 Å². The molecule has 16 aromatic heterocycles. The summed E-state index contributed by atoms with van der Waals surface area (Å²) in [6, 6.07) is 158. The van der Waals surface area contributed by atoms with Crippen molar-refractivity contribution in [2.45, 2.75) is 0 Å². The number of aromatic nitrogens is 11. The molecule has 19 aromatic carbocycles. The second kappa shape index (κ2) is 31.2. The summed E-state index contributed by atoms with van der Waals surface area (Å²) in [5.41, 5.74) is 34.9. The van der Waals surface area contributed by atoms with Gasteiger partial charge in [0, 0.05) is 157 Å². The van der Waals surface area contributed by atoms with Crippen LogP contribution in [0.1, 0.15) is 0 Å². The SMILES string of the molecule is c1ccc(-c2nc(-c3cc4c5ccccc5n5c6ccccc6c(c3)c45)nc3c2oc2ccccc23)cc1.c1ccc(-c2nc(-c3ccc4c5ccccc5n5c6ccccc6c3c45)nc3c2sc2ccccc23)cc1.c1ccc(-n2c3ccc(-c4cc5c6ccccc6n6c7ccccc7c(c4)c56)cc3c3ncccc32)cc1.c1cnc2c(c1)sc1ccc(-c3cc4c5ccccc5n5c6ccccc6c(c3)c45)cc12. The second-order valence-corrected chi connectivity index (χ2v) is 40.3. The fourth-order valence-electron chi connectivity index (χ4n) is 24.1. The zero-order chi connectivity index (χ0) is 95.2. The van der Waals surface area contributed by atoms with Crippen molar-refractivity contribution in [3.05, 3.63) is 455 Å². The molecule has 12 nitrogen and oxygen atoms in total. The Morgan fingerprint density at radius 3 is 1.14 bits per heavy atom. The maximum atomic E-state index is 6.32. The molecule has 35 rings (SSSR count). The zero-order valence-electron chi connectivity index (χ0n) is 77.9. The van der Waals surface area contributed by atoms with Gasteiger partial charge in [-0.3, -0.25) is 9.97 Å². The van der Waals surface area contributed by atoms with Crippen LogP contribution < -0.4 is 0 Å². The van der Waals surface area contributed by atoms with Crippen molar-refractivity contribution in [3.8, 4) is 73.2 Å². The van der Waals surface area contributed by atoms with Gasteiger partial charge >= 0.3 is 0 Å². The van der Waals surface area contributed by atoms with Crippen molar-refractivity contribution in [2.24, 2.45) is 0 Å². The lowest BCUT2D eigenvalue weighted by molar-refractivity contribution is 0.667. The molecule has 14 heteroatoms. The van der Waals surface area contributed by atoms with Gasteiger partial charge in [-0.15, -0.1) is 22.7 Å². The maximum Gasteiger partial charge on any atom is 0.180 e. The Hall–Kier alpha value is -19.1. The molecule has 676 valence electrons. The minimum Gasteiger partial charge on any atom is -0.452 e. The third-order valence-corrected chi connectivity index (χ3v) is 32.6.